The molecule has 2 rings (SSSR count). The molecular weight excluding hydrogens is 310 g/mol. The van der Waals surface area contributed by atoms with E-state index in [1.807, 2.05) is 36.0 Å². The van der Waals surface area contributed by atoms with Gasteiger partial charge in [0.15, 0.2) is 5.78 Å². The summed E-state index contributed by atoms with van der Waals surface area (Å²) in [6, 6.07) is 8.23. The van der Waals surface area contributed by atoms with E-state index in [0.29, 0.717) is 12.5 Å². The molecule has 0 amide bonds. The topological polar surface area (TPSA) is 20.3 Å². The number of hydrogen-bond acceptors (Lipinski definition) is 3. The van der Waals surface area contributed by atoms with Crippen molar-refractivity contribution < 1.29 is 4.79 Å². The molecule has 1 aliphatic heterocycles. The van der Waals surface area contributed by atoms with Crippen LogP contribution in [0.25, 0.3) is 0 Å². The van der Waals surface area contributed by atoms with E-state index in [1.165, 1.54) is 11.5 Å². The third-order valence-corrected chi connectivity index (χ3v) is 5.02. The second kappa shape index (κ2) is 6.73. The molecule has 0 bridgehead atoms. The normalized spacial score (nSPS) is 20.9. The number of benzene rings is 1. The van der Waals surface area contributed by atoms with Crippen molar-refractivity contribution in [1.29, 1.82) is 0 Å². The summed E-state index contributed by atoms with van der Waals surface area (Å²) >= 11 is 5.39. The summed E-state index contributed by atoms with van der Waals surface area (Å²) in [6.07, 6.45) is 0.622. The van der Waals surface area contributed by atoms with Crippen LogP contribution < -0.4 is 0 Å². The molecule has 1 fully saturated rings. The van der Waals surface area contributed by atoms with Crippen molar-refractivity contribution in [2.24, 2.45) is 0 Å². The lowest BCUT2D eigenvalue weighted by atomic mass is 10.1. The van der Waals surface area contributed by atoms with Gasteiger partial charge in [-0.3, -0.25) is 9.69 Å². The minimum Gasteiger partial charge on any atom is -0.299 e. The standard InChI is InChI=1S/C14H18BrNOS/c1-11-10-18-9-8-16(11)7-6-14(17)12-2-4-13(15)5-3-12/h2-5,11H,6-10H2,1H3. The first-order chi connectivity index (χ1) is 8.66. The van der Waals surface area contributed by atoms with Crippen LogP contribution in [0.5, 0.6) is 0 Å². The van der Waals surface area contributed by atoms with E-state index in [1.54, 1.807) is 0 Å². The number of carbonyl (C=O) groups is 1. The zero-order valence-electron chi connectivity index (χ0n) is 10.6. The second-order valence-corrected chi connectivity index (χ2v) is 6.71. The van der Waals surface area contributed by atoms with Crippen LogP contribution in [-0.4, -0.2) is 41.3 Å². The van der Waals surface area contributed by atoms with Gasteiger partial charge in [0.1, 0.15) is 0 Å². The average Bonchev–Trinajstić information content (AvgIpc) is 2.38. The van der Waals surface area contributed by atoms with E-state index in [2.05, 4.69) is 27.8 Å². The first kappa shape index (κ1) is 14.1. The van der Waals surface area contributed by atoms with Gasteiger partial charge >= 0.3 is 0 Å². The number of ketones is 1. The van der Waals surface area contributed by atoms with Crippen LogP contribution in [0, 0.1) is 0 Å². The Labute approximate surface area is 121 Å². The predicted molar refractivity (Wildman–Crippen MR) is 81.4 cm³/mol. The van der Waals surface area contributed by atoms with Gasteiger partial charge in [0, 0.05) is 47.1 Å². The maximum absolute atomic E-state index is 12.1. The first-order valence-corrected chi connectivity index (χ1v) is 8.22. The van der Waals surface area contributed by atoms with E-state index < -0.39 is 0 Å². The van der Waals surface area contributed by atoms with E-state index in [9.17, 15) is 4.79 Å². The minimum absolute atomic E-state index is 0.243. The van der Waals surface area contributed by atoms with Gasteiger partial charge in [0.2, 0.25) is 0 Å². The van der Waals surface area contributed by atoms with Crippen molar-refractivity contribution in [3.05, 3.63) is 34.3 Å². The maximum Gasteiger partial charge on any atom is 0.164 e. The van der Waals surface area contributed by atoms with Crippen LogP contribution in [0.4, 0.5) is 0 Å². The lowest BCUT2D eigenvalue weighted by molar-refractivity contribution is 0.0957. The van der Waals surface area contributed by atoms with Crippen LogP contribution in [0.2, 0.25) is 0 Å². The average molecular weight is 328 g/mol. The molecule has 4 heteroatoms. The monoisotopic (exact) mass is 327 g/mol. The minimum atomic E-state index is 0.243. The molecule has 1 aromatic rings. The molecule has 0 saturated carbocycles. The molecule has 1 heterocycles. The zero-order chi connectivity index (χ0) is 13.0. The Kier molecular flexibility index (Phi) is 5.27. The molecule has 0 radical (unpaired) electrons. The number of carbonyl (C=O) groups excluding carboxylic acids is 1. The van der Waals surface area contributed by atoms with Crippen molar-refractivity contribution in [2.45, 2.75) is 19.4 Å². The Morgan fingerprint density at radius 1 is 1.44 bits per heavy atom. The van der Waals surface area contributed by atoms with Gasteiger partial charge < -0.3 is 0 Å². The molecule has 98 valence electrons. The van der Waals surface area contributed by atoms with Crippen molar-refractivity contribution in [1.82, 2.24) is 4.90 Å². The Bertz CT molecular complexity index is 407. The molecule has 1 aliphatic rings. The molecule has 0 aromatic heterocycles. The fourth-order valence-electron chi connectivity index (χ4n) is 2.12. The number of thioether (sulfide) groups is 1. The molecular formula is C14H18BrNOS. The van der Waals surface area contributed by atoms with Crippen LogP contribution in [0.1, 0.15) is 23.7 Å². The molecule has 0 aliphatic carbocycles. The molecule has 1 atom stereocenters. The third-order valence-electron chi connectivity index (χ3n) is 3.30. The van der Waals surface area contributed by atoms with Crippen LogP contribution >= 0.6 is 27.7 Å². The number of hydrogen-bond donors (Lipinski definition) is 0. The van der Waals surface area contributed by atoms with Gasteiger partial charge in [-0.1, -0.05) is 28.1 Å². The summed E-state index contributed by atoms with van der Waals surface area (Å²) < 4.78 is 1.01. The summed E-state index contributed by atoms with van der Waals surface area (Å²) in [5.74, 6) is 2.62. The van der Waals surface area contributed by atoms with Crippen LogP contribution in [0.3, 0.4) is 0 Å². The van der Waals surface area contributed by atoms with Gasteiger partial charge in [0.05, 0.1) is 0 Å². The Hall–Kier alpha value is -0.320. The quantitative estimate of drug-likeness (QED) is 0.790. The van der Waals surface area contributed by atoms with E-state index >= 15 is 0 Å². The molecule has 1 unspecified atom stereocenters. The molecule has 18 heavy (non-hydrogen) atoms. The zero-order valence-corrected chi connectivity index (χ0v) is 13.0. The van der Waals surface area contributed by atoms with E-state index in [0.717, 1.165) is 23.1 Å². The SMILES string of the molecule is CC1CSCCN1CCC(=O)c1ccc(Br)cc1. The van der Waals surface area contributed by atoms with Crippen molar-refractivity contribution in [2.75, 3.05) is 24.6 Å². The lowest BCUT2D eigenvalue weighted by Crippen LogP contribution is -2.41. The van der Waals surface area contributed by atoms with Crippen LogP contribution in [-0.2, 0) is 0 Å². The van der Waals surface area contributed by atoms with Gasteiger partial charge in [-0.05, 0) is 19.1 Å². The highest BCUT2D eigenvalue weighted by atomic mass is 79.9. The molecule has 0 N–H and O–H groups in total. The van der Waals surface area contributed by atoms with Crippen molar-refractivity contribution in [3.63, 3.8) is 0 Å². The summed E-state index contributed by atoms with van der Waals surface area (Å²) in [5, 5.41) is 0. The lowest BCUT2D eigenvalue weighted by Gasteiger charge is -2.32. The maximum atomic E-state index is 12.1. The molecule has 1 saturated heterocycles. The molecule has 2 nitrogen and oxygen atoms in total. The third kappa shape index (κ3) is 3.84. The van der Waals surface area contributed by atoms with E-state index in [4.69, 9.17) is 0 Å². The number of halogens is 1. The Morgan fingerprint density at radius 2 is 2.17 bits per heavy atom. The summed E-state index contributed by atoms with van der Waals surface area (Å²) in [7, 11) is 0. The highest BCUT2D eigenvalue weighted by Crippen LogP contribution is 2.17. The molecule has 0 spiro atoms. The van der Waals surface area contributed by atoms with Crippen molar-refractivity contribution in [3.8, 4) is 0 Å². The summed E-state index contributed by atoms with van der Waals surface area (Å²) in [4.78, 5) is 14.5. The van der Waals surface area contributed by atoms with Gasteiger partial charge in [-0.15, -0.1) is 0 Å². The summed E-state index contributed by atoms with van der Waals surface area (Å²) in [5.41, 5.74) is 0.817. The summed E-state index contributed by atoms with van der Waals surface area (Å²) in [6.45, 7) is 4.24. The highest BCUT2D eigenvalue weighted by molar-refractivity contribution is 9.10. The van der Waals surface area contributed by atoms with Gasteiger partial charge in [0.25, 0.3) is 0 Å². The smallest absolute Gasteiger partial charge is 0.164 e. The largest absolute Gasteiger partial charge is 0.299 e. The molecule has 1 aromatic carbocycles. The number of nitrogens with zero attached hydrogens (tertiary/aromatic N) is 1. The fraction of sp³-hybridized carbons (Fsp3) is 0.500. The van der Waals surface area contributed by atoms with E-state index in [-0.39, 0.29) is 5.78 Å². The highest BCUT2D eigenvalue weighted by Gasteiger charge is 2.19. The van der Waals surface area contributed by atoms with Gasteiger partial charge in [-0.2, -0.15) is 11.8 Å². The van der Waals surface area contributed by atoms with Crippen LogP contribution in [0.15, 0.2) is 28.7 Å². The number of rotatable bonds is 4. The fourth-order valence-corrected chi connectivity index (χ4v) is 3.47. The van der Waals surface area contributed by atoms with Gasteiger partial charge in [-0.25, -0.2) is 0 Å². The Morgan fingerprint density at radius 3 is 2.83 bits per heavy atom. The Balaban J connectivity index is 1.86. The first-order valence-electron chi connectivity index (χ1n) is 6.27. The van der Waals surface area contributed by atoms with Crippen molar-refractivity contribution >= 4 is 33.5 Å². The predicted octanol–water partition coefficient (Wildman–Crippen LogP) is 3.46. The number of Topliss-reactive ketones (excluding diaryl/α,β-unsaturated/α-hetero) is 1. The second-order valence-electron chi connectivity index (χ2n) is 4.64.